The standard InChI is InChI=1S/C15H16FN5O5/c1-8-5-9-7-20(15(25)21(9)26-12(16)14(23)24)11(8)13(22)19(2)10-6-17-3-4-18-10/h3-6,9,11-12H,7H2,1-2H3,(H,23,24)/t9-,11+,12-/m1/s1. The van der Waals surface area contributed by atoms with Crippen LogP contribution < -0.4 is 4.90 Å². The molecule has 0 unspecified atom stereocenters. The van der Waals surface area contributed by atoms with Crippen LogP contribution in [0.3, 0.4) is 0 Å². The van der Waals surface area contributed by atoms with Crippen molar-refractivity contribution in [2.75, 3.05) is 18.5 Å². The molecule has 3 heterocycles. The number of hydrogen-bond acceptors (Lipinski definition) is 6. The van der Waals surface area contributed by atoms with E-state index in [4.69, 9.17) is 5.11 Å². The molecule has 0 spiro atoms. The van der Waals surface area contributed by atoms with Crippen molar-refractivity contribution in [3.8, 4) is 0 Å². The Kier molecular flexibility index (Phi) is 4.55. The second-order valence-electron chi connectivity index (χ2n) is 5.86. The summed E-state index contributed by atoms with van der Waals surface area (Å²) >= 11 is 0. The van der Waals surface area contributed by atoms with E-state index < -0.39 is 36.3 Å². The van der Waals surface area contributed by atoms with Crippen molar-refractivity contribution in [1.29, 1.82) is 0 Å². The number of alkyl halides is 1. The molecule has 2 aliphatic heterocycles. The van der Waals surface area contributed by atoms with Crippen LogP contribution in [-0.2, 0) is 14.4 Å². The molecule has 1 aromatic heterocycles. The lowest BCUT2D eigenvalue weighted by molar-refractivity contribution is -0.219. The molecule has 2 aliphatic rings. The maximum atomic E-state index is 13.4. The number of rotatable bonds is 5. The van der Waals surface area contributed by atoms with E-state index in [9.17, 15) is 18.8 Å². The van der Waals surface area contributed by atoms with Crippen LogP contribution in [0.2, 0.25) is 0 Å². The fourth-order valence-corrected chi connectivity index (χ4v) is 2.96. The Morgan fingerprint density at radius 1 is 1.46 bits per heavy atom. The summed E-state index contributed by atoms with van der Waals surface area (Å²) in [6, 6.07) is -2.38. The summed E-state index contributed by atoms with van der Waals surface area (Å²) in [5.41, 5.74) is 0.562. The van der Waals surface area contributed by atoms with E-state index in [0.29, 0.717) is 16.5 Å². The van der Waals surface area contributed by atoms with Crippen LogP contribution in [0.1, 0.15) is 6.92 Å². The Bertz CT molecular complexity index is 773. The first-order valence-corrected chi connectivity index (χ1v) is 7.66. The van der Waals surface area contributed by atoms with Gasteiger partial charge in [0.05, 0.1) is 18.8 Å². The van der Waals surface area contributed by atoms with Gasteiger partial charge in [0, 0.05) is 19.4 Å². The zero-order valence-corrected chi connectivity index (χ0v) is 13.9. The van der Waals surface area contributed by atoms with Gasteiger partial charge in [-0.15, -0.1) is 0 Å². The highest BCUT2D eigenvalue weighted by Gasteiger charge is 2.49. The van der Waals surface area contributed by atoms with Gasteiger partial charge in [-0.25, -0.2) is 23.8 Å². The lowest BCUT2D eigenvalue weighted by Crippen LogP contribution is -2.50. The summed E-state index contributed by atoms with van der Waals surface area (Å²) in [5, 5.41) is 9.27. The number of aromatic nitrogens is 2. The molecule has 1 saturated heterocycles. The Morgan fingerprint density at radius 3 is 2.81 bits per heavy atom. The molecule has 1 fully saturated rings. The van der Waals surface area contributed by atoms with Gasteiger partial charge >= 0.3 is 18.4 Å². The number of halogens is 1. The van der Waals surface area contributed by atoms with Gasteiger partial charge in [-0.2, -0.15) is 5.06 Å². The third-order valence-corrected chi connectivity index (χ3v) is 4.18. The number of anilines is 1. The number of carboxylic acids is 1. The molecule has 1 N–H and O–H groups in total. The van der Waals surface area contributed by atoms with Crippen LogP contribution in [0.4, 0.5) is 15.0 Å². The van der Waals surface area contributed by atoms with Gasteiger partial charge < -0.3 is 10.0 Å². The van der Waals surface area contributed by atoms with E-state index in [1.807, 2.05) is 0 Å². The molecule has 3 atom stereocenters. The van der Waals surface area contributed by atoms with Gasteiger partial charge in [-0.3, -0.25) is 14.7 Å². The summed E-state index contributed by atoms with van der Waals surface area (Å²) in [6.07, 6.45) is 3.22. The van der Waals surface area contributed by atoms with Crippen molar-refractivity contribution in [3.63, 3.8) is 0 Å². The topological polar surface area (TPSA) is 116 Å². The number of aliphatic carboxylic acids is 1. The van der Waals surface area contributed by atoms with Crippen molar-refractivity contribution in [2.24, 2.45) is 0 Å². The molecule has 10 nitrogen and oxygen atoms in total. The summed E-state index contributed by atoms with van der Waals surface area (Å²) in [6.45, 7) is 1.74. The minimum atomic E-state index is -2.68. The molecule has 1 aromatic rings. The molecule has 11 heteroatoms. The van der Waals surface area contributed by atoms with Gasteiger partial charge in [0.2, 0.25) is 0 Å². The Balaban J connectivity index is 1.82. The van der Waals surface area contributed by atoms with Crippen LogP contribution >= 0.6 is 0 Å². The third-order valence-electron chi connectivity index (χ3n) is 4.18. The SMILES string of the molecule is CC1=C[C@@H]2CN(C(=O)N2O[C@@H](F)C(=O)O)[C@@H]1C(=O)N(C)c1cnccn1. The minimum Gasteiger partial charge on any atom is -0.477 e. The number of nitrogens with zero attached hydrogens (tertiary/aromatic N) is 5. The maximum Gasteiger partial charge on any atom is 0.368 e. The number of hydrogen-bond donors (Lipinski definition) is 1. The summed E-state index contributed by atoms with van der Waals surface area (Å²) in [5.74, 6) is -1.96. The van der Waals surface area contributed by atoms with Crippen molar-refractivity contribution in [2.45, 2.75) is 25.4 Å². The van der Waals surface area contributed by atoms with Crippen LogP contribution in [0.5, 0.6) is 0 Å². The first-order chi connectivity index (χ1) is 12.3. The average Bonchev–Trinajstić information content (AvgIpc) is 2.86. The predicted octanol–water partition coefficient (Wildman–Crippen LogP) is 0.186. The number of carbonyl (C=O) groups excluding carboxylic acids is 2. The molecule has 3 rings (SSSR count). The van der Waals surface area contributed by atoms with Crippen molar-refractivity contribution >= 4 is 23.7 Å². The fraction of sp³-hybridized carbons (Fsp3) is 0.400. The van der Waals surface area contributed by atoms with E-state index in [0.717, 1.165) is 0 Å². The molecule has 138 valence electrons. The quantitative estimate of drug-likeness (QED) is 0.740. The van der Waals surface area contributed by atoms with Crippen molar-refractivity contribution in [1.82, 2.24) is 19.9 Å². The lowest BCUT2D eigenvalue weighted by atomic mass is 9.99. The van der Waals surface area contributed by atoms with Crippen molar-refractivity contribution < 1.29 is 28.7 Å². The summed E-state index contributed by atoms with van der Waals surface area (Å²) in [4.78, 5) is 51.0. The minimum absolute atomic E-state index is 0.0766. The van der Waals surface area contributed by atoms with E-state index >= 15 is 0 Å². The van der Waals surface area contributed by atoms with Crippen LogP contribution in [0.15, 0.2) is 30.2 Å². The van der Waals surface area contributed by atoms with E-state index in [2.05, 4.69) is 14.8 Å². The monoisotopic (exact) mass is 365 g/mol. The molecule has 0 saturated carbocycles. The highest BCUT2D eigenvalue weighted by molar-refractivity contribution is 6.00. The van der Waals surface area contributed by atoms with E-state index in [-0.39, 0.29) is 6.54 Å². The van der Waals surface area contributed by atoms with Crippen molar-refractivity contribution in [3.05, 3.63) is 30.2 Å². The zero-order valence-electron chi connectivity index (χ0n) is 13.9. The molecular weight excluding hydrogens is 349 g/mol. The number of amides is 3. The molecule has 26 heavy (non-hydrogen) atoms. The van der Waals surface area contributed by atoms with Crippen LogP contribution in [0.25, 0.3) is 0 Å². The smallest absolute Gasteiger partial charge is 0.368 e. The van der Waals surface area contributed by atoms with Gasteiger partial charge in [-0.1, -0.05) is 6.08 Å². The third kappa shape index (κ3) is 2.96. The zero-order chi connectivity index (χ0) is 19.0. The van der Waals surface area contributed by atoms with Crippen LogP contribution in [-0.4, -0.2) is 75.0 Å². The first kappa shape index (κ1) is 17.7. The fourth-order valence-electron chi connectivity index (χ4n) is 2.96. The number of fused-ring (bicyclic) bond motifs is 2. The highest BCUT2D eigenvalue weighted by Crippen LogP contribution is 2.31. The summed E-state index contributed by atoms with van der Waals surface area (Å²) in [7, 11) is 1.50. The molecule has 0 aromatic carbocycles. The molecule has 0 aliphatic carbocycles. The lowest BCUT2D eigenvalue weighted by Gasteiger charge is -2.31. The highest BCUT2D eigenvalue weighted by atomic mass is 19.1. The second-order valence-corrected chi connectivity index (χ2v) is 5.86. The molecule has 0 radical (unpaired) electrons. The van der Waals surface area contributed by atoms with Gasteiger partial charge in [0.1, 0.15) is 6.04 Å². The van der Waals surface area contributed by atoms with Crippen LogP contribution in [0, 0.1) is 0 Å². The van der Waals surface area contributed by atoms with Gasteiger partial charge in [0.25, 0.3) is 5.91 Å². The number of hydroxylamine groups is 2. The second kappa shape index (κ2) is 6.67. The Hall–Kier alpha value is -3.08. The Labute approximate surface area is 147 Å². The van der Waals surface area contributed by atoms with Gasteiger partial charge in [0.15, 0.2) is 5.82 Å². The predicted molar refractivity (Wildman–Crippen MR) is 84.3 cm³/mol. The number of carboxylic acid groups (broad SMARTS) is 1. The van der Waals surface area contributed by atoms with Gasteiger partial charge in [-0.05, 0) is 12.5 Å². The first-order valence-electron chi connectivity index (χ1n) is 7.66. The normalized spacial score (nSPS) is 22.9. The summed E-state index contributed by atoms with van der Waals surface area (Å²) < 4.78 is 13.4. The van der Waals surface area contributed by atoms with E-state index in [1.165, 1.54) is 35.4 Å². The number of urea groups is 1. The molecule has 2 bridgehead atoms. The average molecular weight is 365 g/mol. The molecule has 3 amide bonds. The number of carbonyl (C=O) groups is 3. The molecular formula is C15H16FN5O5. The Morgan fingerprint density at radius 2 is 2.19 bits per heavy atom. The van der Waals surface area contributed by atoms with E-state index in [1.54, 1.807) is 13.0 Å². The maximum absolute atomic E-state index is 13.4. The largest absolute Gasteiger partial charge is 0.477 e. The number of likely N-dealkylation sites (N-methyl/N-ethyl adjacent to an activating group) is 1.